The van der Waals surface area contributed by atoms with Crippen LogP contribution in [0.1, 0.15) is 316 Å². The number of allylic oxidation sites excluding steroid dienone is 5. The largest absolute Gasteiger partial charge is 0.466 e. The molecule has 6 nitrogen and oxygen atoms in total. The van der Waals surface area contributed by atoms with Crippen molar-refractivity contribution in [2.75, 3.05) is 13.2 Å². The van der Waals surface area contributed by atoms with E-state index in [0.29, 0.717) is 19.4 Å². The molecule has 2 unspecified atom stereocenters. The second kappa shape index (κ2) is 56.7. The molecule has 0 spiro atoms. The topological polar surface area (TPSA) is 95.9 Å². The van der Waals surface area contributed by atoms with Crippen LogP contribution in [0.15, 0.2) is 36.5 Å². The van der Waals surface area contributed by atoms with E-state index in [1.165, 1.54) is 225 Å². The van der Waals surface area contributed by atoms with E-state index >= 15 is 0 Å². The minimum Gasteiger partial charge on any atom is -0.466 e. The Balaban J connectivity index is 3.48. The third-order valence-corrected chi connectivity index (χ3v) is 13.6. The molecule has 67 heavy (non-hydrogen) atoms. The van der Waals surface area contributed by atoms with Crippen LogP contribution in [0.2, 0.25) is 0 Å². The highest BCUT2D eigenvalue weighted by Gasteiger charge is 2.18. The van der Waals surface area contributed by atoms with Crippen LogP contribution in [0.5, 0.6) is 0 Å². The molecule has 0 fully saturated rings. The number of rotatable bonds is 55. The molecule has 0 saturated carbocycles. The van der Waals surface area contributed by atoms with E-state index in [-0.39, 0.29) is 18.5 Å². The van der Waals surface area contributed by atoms with Gasteiger partial charge in [0.2, 0.25) is 5.91 Å². The monoisotopic (exact) mass is 942 g/mol. The molecule has 2 atom stereocenters. The zero-order valence-corrected chi connectivity index (χ0v) is 44.9. The van der Waals surface area contributed by atoms with Crippen molar-refractivity contribution in [2.45, 2.75) is 328 Å². The summed E-state index contributed by atoms with van der Waals surface area (Å²) in [6, 6.07) is -0.639. The van der Waals surface area contributed by atoms with Crippen LogP contribution < -0.4 is 5.32 Å². The number of ether oxygens (including phenoxy) is 1. The summed E-state index contributed by atoms with van der Waals surface area (Å²) in [4.78, 5) is 24.5. The van der Waals surface area contributed by atoms with E-state index in [0.717, 1.165) is 64.2 Å². The van der Waals surface area contributed by atoms with Gasteiger partial charge in [-0.05, 0) is 83.5 Å². The van der Waals surface area contributed by atoms with Crippen molar-refractivity contribution in [3.63, 3.8) is 0 Å². The molecule has 6 heteroatoms. The maximum absolute atomic E-state index is 12.5. The predicted molar refractivity (Wildman–Crippen MR) is 292 cm³/mol. The fourth-order valence-corrected chi connectivity index (χ4v) is 9.03. The lowest BCUT2D eigenvalue weighted by atomic mass is 10.0. The van der Waals surface area contributed by atoms with Crippen LogP contribution in [0.25, 0.3) is 0 Å². The Morgan fingerprint density at radius 2 is 0.701 bits per heavy atom. The standard InChI is InChI=1S/C61H115NO5/c1-3-5-7-9-11-13-15-17-19-22-26-29-33-37-41-45-49-53-59(64)58(57-63)62-60(65)54-50-46-42-38-34-30-27-23-20-21-24-28-32-36-40-44-48-52-56-67-61(66)55-51-47-43-39-35-31-25-18-16-14-12-10-8-6-4-2/h18,23,25,27,49,53,58-59,63-64H,3-17,19-22,24,26,28-48,50-52,54-57H2,1-2H3,(H,62,65)/b25-18-,27-23-,53-49+. The van der Waals surface area contributed by atoms with Gasteiger partial charge in [-0.25, -0.2) is 0 Å². The molecular weight excluding hydrogens is 827 g/mol. The molecule has 0 saturated heterocycles. The molecule has 0 aromatic rings. The molecule has 0 aliphatic carbocycles. The molecule has 0 heterocycles. The second-order valence-corrected chi connectivity index (χ2v) is 20.3. The molecule has 394 valence electrons. The Hall–Kier alpha value is -1.92. The Morgan fingerprint density at radius 1 is 0.403 bits per heavy atom. The number of hydrogen-bond donors (Lipinski definition) is 3. The third kappa shape index (κ3) is 53.3. The van der Waals surface area contributed by atoms with Gasteiger partial charge in [0.15, 0.2) is 0 Å². The van der Waals surface area contributed by atoms with Crippen molar-refractivity contribution < 1.29 is 24.5 Å². The van der Waals surface area contributed by atoms with Crippen LogP contribution in [-0.4, -0.2) is 47.4 Å². The Morgan fingerprint density at radius 3 is 1.06 bits per heavy atom. The Labute approximate surface area is 417 Å². The summed E-state index contributed by atoms with van der Waals surface area (Å²) < 4.78 is 5.47. The van der Waals surface area contributed by atoms with Crippen LogP contribution in [0, 0.1) is 0 Å². The number of aliphatic hydroxyl groups is 2. The third-order valence-electron chi connectivity index (χ3n) is 13.6. The molecule has 0 aliphatic heterocycles. The number of hydrogen-bond acceptors (Lipinski definition) is 5. The first-order chi connectivity index (χ1) is 33.0. The van der Waals surface area contributed by atoms with Gasteiger partial charge in [-0.2, -0.15) is 0 Å². The zero-order valence-electron chi connectivity index (χ0n) is 44.9. The van der Waals surface area contributed by atoms with E-state index in [9.17, 15) is 19.8 Å². The van der Waals surface area contributed by atoms with Crippen molar-refractivity contribution in [1.29, 1.82) is 0 Å². The van der Waals surface area contributed by atoms with Crippen LogP contribution in [-0.2, 0) is 14.3 Å². The van der Waals surface area contributed by atoms with Gasteiger partial charge in [-0.1, -0.05) is 256 Å². The van der Waals surface area contributed by atoms with Crippen LogP contribution >= 0.6 is 0 Å². The van der Waals surface area contributed by atoms with Crippen molar-refractivity contribution in [3.8, 4) is 0 Å². The van der Waals surface area contributed by atoms with Gasteiger partial charge in [-0.15, -0.1) is 0 Å². The summed E-state index contributed by atoms with van der Waals surface area (Å²) in [6.45, 7) is 4.89. The van der Waals surface area contributed by atoms with Gasteiger partial charge in [0.05, 0.1) is 25.4 Å². The number of carbonyl (C=O) groups excluding carboxylic acids is 2. The fraction of sp³-hybridized carbons (Fsp3) is 0.869. The van der Waals surface area contributed by atoms with Gasteiger partial charge in [0, 0.05) is 12.8 Å². The summed E-state index contributed by atoms with van der Waals surface area (Å²) in [5.41, 5.74) is 0. The molecule has 3 N–H and O–H groups in total. The van der Waals surface area contributed by atoms with Crippen molar-refractivity contribution >= 4 is 11.9 Å². The van der Waals surface area contributed by atoms with Gasteiger partial charge in [-0.3, -0.25) is 9.59 Å². The van der Waals surface area contributed by atoms with E-state index in [4.69, 9.17) is 4.74 Å². The first-order valence-corrected chi connectivity index (χ1v) is 29.8. The summed E-state index contributed by atoms with van der Waals surface area (Å²) in [6.07, 6.45) is 70.2. The number of esters is 1. The number of carbonyl (C=O) groups is 2. The maximum atomic E-state index is 12.5. The number of nitrogens with one attached hydrogen (secondary N) is 1. The number of amides is 1. The molecular formula is C61H115NO5. The average Bonchev–Trinajstić information content (AvgIpc) is 3.33. The Kier molecular flexibility index (Phi) is 55.0. The first-order valence-electron chi connectivity index (χ1n) is 29.8. The number of unbranched alkanes of at least 4 members (excludes halogenated alkanes) is 40. The molecule has 0 radical (unpaired) electrons. The summed E-state index contributed by atoms with van der Waals surface area (Å²) >= 11 is 0. The van der Waals surface area contributed by atoms with Crippen molar-refractivity contribution in [1.82, 2.24) is 5.32 Å². The van der Waals surface area contributed by atoms with Gasteiger partial charge < -0.3 is 20.3 Å². The van der Waals surface area contributed by atoms with Crippen molar-refractivity contribution in [2.24, 2.45) is 0 Å². The fourth-order valence-electron chi connectivity index (χ4n) is 9.03. The predicted octanol–water partition coefficient (Wildman–Crippen LogP) is 18.4. The Bertz CT molecular complexity index is 1090. The first kappa shape index (κ1) is 65.1. The molecule has 0 aromatic heterocycles. The van der Waals surface area contributed by atoms with Gasteiger partial charge in [0.25, 0.3) is 0 Å². The van der Waals surface area contributed by atoms with Crippen LogP contribution in [0.3, 0.4) is 0 Å². The van der Waals surface area contributed by atoms with Gasteiger partial charge in [0.1, 0.15) is 0 Å². The summed E-state index contributed by atoms with van der Waals surface area (Å²) in [7, 11) is 0. The second-order valence-electron chi connectivity index (χ2n) is 20.3. The van der Waals surface area contributed by atoms with E-state index in [2.05, 4.69) is 43.5 Å². The van der Waals surface area contributed by atoms with E-state index < -0.39 is 12.1 Å². The molecule has 0 bridgehead atoms. The summed E-state index contributed by atoms with van der Waals surface area (Å²) in [5, 5.41) is 23.1. The maximum Gasteiger partial charge on any atom is 0.305 e. The molecule has 1 amide bonds. The number of aliphatic hydroxyl groups excluding tert-OH is 2. The lowest BCUT2D eigenvalue weighted by Gasteiger charge is -2.20. The van der Waals surface area contributed by atoms with Crippen molar-refractivity contribution in [3.05, 3.63) is 36.5 Å². The van der Waals surface area contributed by atoms with E-state index in [1.54, 1.807) is 6.08 Å². The van der Waals surface area contributed by atoms with Crippen LogP contribution in [0.4, 0.5) is 0 Å². The minimum absolute atomic E-state index is 0.00586. The molecule has 0 aliphatic rings. The smallest absolute Gasteiger partial charge is 0.305 e. The normalized spacial score (nSPS) is 12.8. The average molecular weight is 943 g/mol. The minimum atomic E-state index is -0.854. The SMILES string of the molecule is CCCCCCCC/C=C\CCCCCCCC(=O)OCCCCCCCCCCC/C=C\CCCCCCCC(=O)NC(CO)C(O)/C=C/CCCCCCCCCCCCCCCCC. The van der Waals surface area contributed by atoms with Gasteiger partial charge >= 0.3 is 5.97 Å². The lowest BCUT2D eigenvalue weighted by molar-refractivity contribution is -0.143. The quantitative estimate of drug-likeness (QED) is 0.0321. The summed E-state index contributed by atoms with van der Waals surface area (Å²) in [5.74, 6) is -0.0871. The molecule has 0 aromatic carbocycles. The lowest BCUT2D eigenvalue weighted by Crippen LogP contribution is -2.45. The highest BCUT2D eigenvalue weighted by atomic mass is 16.5. The zero-order chi connectivity index (χ0) is 48.6. The highest BCUT2D eigenvalue weighted by Crippen LogP contribution is 2.16. The highest BCUT2D eigenvalue weighted by molar-refractivity contribution is 5.76. The molecule has 0 rings (SSSR count). The van der Waals surface area contributed by atoms with E-state index in [1.807, 2.05) is 6.08 Å².